The van der Waals surface area contributed by atoms with Crippen LogP contribution in [0.1, 0.15) is 42.4 Å². The Balaban J connectivity index is 1.48. The number of fused-ring (bicyclic) bond motifs is 3. The van der Waals surface area contributed by atoms with E-state index in [-0.39, 0.29) is 11.2 Å². The van der Waals surface area contributed by atoms with Gasteiger partial charge in [0, 0.05) is 28.0 Å². The molecule has 2 heterocycles. The smallest absolute Gasteiger partial charge is 0.213 e. The summed E-state index contributed by atoms with van der Waals surface area (Å²) in [7, 11) is 0. The molecule has 152 valence electrons. The van der Waals surface area contributed by atoms with Crippen LogP contribution in [0.4, 0.5) is 0 Å². The van der Waals surface area contributed by atoms with Gasteiger partial charge >= 0.3 is 0 Å². The molecule has 0 radical (unpaired) electrons. The molecule has 0 unspecified atom stereocenters. The highest BCUT2D eigenvalue weighted by Gasteiger charge is 2.17. The molecule has 0 aliphatic rings. The third-order valence-electron chi connectivity index (χ3n) is 5.87. The highest BCUT2D eigenvalue weighted by molar-refractivity contribution is 6.18. The molecule has 3 nitrogen and oxygen atoms in total. The molecular formula is C28H24N2O. The van der Waals surface area contributed by atoms with E-state index in [1.807, 2.05) is 48.5 Å². The lowest BCUT2D eigenvalue weighted by Gasteiger charge is -2.19. The molecule has 0 amide bonds. The molecule has 3 aromatic carbocycles. The number of aromatic nitrogens is 2. The lowest BCUT2D eigenvalue weighted by Crippen LogP contribution is -2.10. The van der Waals surface area contributed by atoms with Crippen molar-refractivity contribution in [2.45, 2.75) is 26.2 Å². The predicted octanol–water partition coefficient (Wildman–Crippen LogP) is 6.91. The Morgan fingerprint density at radius 3 is 2.10 bits per heavy atom. The van der Waals surface area contributed by atoms with Crippen molar-refractivity contribution in [3.05, 3.63) is 102 Å². The van der Waals surface area contributed by atoms with Crippen molar-refractivity contribution >= 4 is 27.6 Å². The average molecular weight is 405 g/mol. The summed E-state index contributed by atoms with van der Waals surface area (Å²) in [6.07, 6.45) is 1.71. The van der Waals surface area contributed by atoms with Gasteiger partial charge in [0.25, 0.3) is 0 Å². The fourth-order valence-electron chi connectivity index (χ4n) is 4.06. The Hall–Kier alpha value is -3.72. The summed E-state index contributed by atoms with van der Waals surface area (Å²) < 4.78 is 0. The van der Waals surface area contributed by atoms with Gasteiger partial charge in [-0.3, -0.25) is 9.78 Å². The van der Waals surface area contributed by atoms with Gasteiger partial charge in [0.2, 0.25) is 5.78 Å². The van der Waals surface area contributed by atoms with E-state index in [9.17, 15) is 4.79 Å². The van der Waals surface area contributed by atoms with Crippen LogP contribution in [0.3, 0.4) is 0 Å². The molecule has 5 aromatic rings. The standard InChI is InChI=1S/C28H24N2O/c1-28(2,3)21-14-12-19(13-15-21)18-8-10-20(11-9-18)27(31)26-25-23(16-17-29-26)22-6-4-5-7-24(22)30-25/h4-17,30H,1-3H3. The number of nitrogens with one attached hydrogen (secondary N) is 1. The van der Waals surface area contributed by atoms with E-state index < -0.39 is 0 Å². The zero-order valence-electron chi connectivity index (χ0n) is 17.9. The maximum Gasteiger partial charge on any atom is 0.213 e. The highest BCUT2D eigenvalue weighted by Crippen LogP contribution is 2.29. The van der Waals surface area contributed by atoms with E-state index in [1.54, 1.807) is 6.20 Å². The third-order valence-corrected chi connectivity index (χ3v) is 5.87. The lowest BCUT2D eigenvalue weighted by molar-refractivity contribution is 0.103. The van der Waals surface area contributed by atoms with Gasteiger partial charge in [-0.25, -0.2) is 0 Å². The number of hydrogen-bond acceptors (Lipinski definition) is 2. The van der Waals surface area contributed by atoms with Gasteiger partial charge in [-0.2, -0.15) is 0 Å². The molecule has 0 bridgehead atoms. The highest BCUT2D eigenvalue weighted by atomic mass is 16.1. The molecule has 0 atom stereocenters. The number of pyridine rings is 1. The Kier molecular flexibility index (Phi) is 4.48. The first-order valence-corrected chi connectivity index (χ1v) is 10.5. The van der Waals surface area contributed by atoms with Crippen LogP contribution >= 0.6 is 0 Å². The van der Waals surface area contributed by atoms with Crippen molar-refractivity contribution in [2.75, 3.05) is 0 Å². The van der Waals surface area contributed by atoms with Crippen LogP contribution in [0.2, 0.25) is 0 Å². The molecule has 0 saturated carbocycles. The van der Waals surface area contributed by atoms with E-state index in [1.165, 1.54) is 5.56 Å². The van der Waals surface area contributed by atoms with Gasteiger partial charge in [0.1, 0.15) is 5.69 Å². The Morgan fingerprint density at radius 2 is 1.42 bits per heavy atom. The van der Waals surface area contributed by atoms with Crippen molar-refractivity contribution in [1.82, 2.24) is 9.97 Å². The number of ketones is 1. The molecule has 31 heavy (non-hydrogen) atoms. The summed E-state index contributed by atoms with van der Waals surface area (Å²) in [5.41, 5.74) is 6.55. The predicted molar refractivity (Wildman–Crippen MR) is 128 cm³/mol. The van der Waals surface area contributed by atoms with E-state index in [2.05, 4.69) is 61.1 Å². The van der Waals surface area contributed by atoms with Crippen LogP contribution in [0.25, 0.3) is 32.9 Å². The summed E-state index contributed by atoms with van der Waals surface area (Å²) in [5.74, 6) is -0.0770. The van der Waals surface area contributed by atoms with Crippen molar-refractivity contribution < 1.29 is 4.79 Å². The SMILES string of the molecule is CC(C)(C)c1ccc(-c2ccc(C(=O)c3nccc4c3[nH]c3ccccc34)cc2)cc1. The summed E-state index contributed by atoms with van der Waals surface area (Å²) in [6, 6.07) is 26.4. The van der Waals surface area contributed by atoms with Crippen molar-refractivity contribution in [3.63, 3.8) is 0 Å². The largest absolute Gasteiger partial charge is 0.353 e. The van der Waals surface area contributed by atoms with Gasteiger partial charge in [-0.05, 0) is 34.2 Å². The minimum atomic E-state index is -0.0770. The molecule has 5 rings (SSSR count). The number of benzene rings is 3. The second-order valence-corrected chi connectivity index (χ2v) is 8.99. The van der Waals surface area contributed by atoms with E-state index in [4.69, 9.17) is 0 Å². The first-order chi connectivity index (χ1) is 14.9. The monoisotopic (exact) mass is 404 g/mol. The molecule has 0 spiro atoms. The second-order valence-electron chi connectivity index (χ2n) is 8.99. The average Bonchev–Trinajstić information content (AvgIpc) is 3.17. The number of carbonyl (C=O) groups is 1. The number of aromatic amines is 1. The van der Waals surface area contributed by atoms with E-state index in [0.717, 1.165) is 32.9 Å². The minimum Gasteiger partial charge on any atom is -0.353 e. The Labute approximate surface area is 181 Å². The van der Waals surface area contributed by atoms with Gasteiger partial charge in [-0.1, -0.05) is 87.5 Å². The third kappa shape index (κ3) is 3.42. The number of nitrogens with zero attached hydrogens (tertiary/aromatic N) is 1. The van der Waals surface area contributed by atoms with Gasteiger partial charge < -0.3 is 4.98 Å². The topological polar surface area (TPSA) is 45.8 Å². The van der Waals surface area contributed by atoms with Gasteiger partial charge in [0.05, 0.1) is 5.52 Å². The maximum atomic E-state index is 13.3. The van der Waals surface area contributed by atoms with Crippen molar-refractivity contribution in [2.24, 2.45) is 0 Å². The van der Waals surface area contributed by atoms with E-state index in [0.29, 0.717) is 11.3 Å². The molecule has 0 fully saturated rings. The molecule has 3 heteroatoms. The molecule has 2 aromatic heterocycles. The summed E-state index contributed by atoms with van der Waals surface area (Å²) in [5, 5.41) is 2.12. The van der Waals surface area contributed by atoms with Crippen LogP contribution in [-0.4, -0.2) is 15.8 Å². The zero-order chi connectivity index (χ0) is 21.6. The minimum absolute atomic E-state index is 0.0770. The van der Waals surface area contributed by atoms with Crippen LogP contribution in [0.15, 0.2) is 85.1 Å². The summed E-state index contributed by atoms with van der Waals surface area (Å²) in [6.45, 7) is 6.64. The molecule has 0 aliphatic carbocycles. The number of H-pyrrole nitrogens is 1. The van der Waals surface area contributed by atoms with Crippen LogP contribution in [-0.2, 0) is 5.41 Å². The lowest BCUT2D eigenvalue weighted by atomic mass is 9.86. The van der Waals surface area contributed by atoms with Gasteiger partial charge in [0.15, 0.2) is 0 Å². The Morgan fingerprint density at radius 1 is 0.774 bits per heavy atom. The zero-order valence-corrected chi connectivity index (χ0v) is 17.9. The fourth-order valence-corrected chi connectivity index (χ4v) is 4.06. The van der Waals surface area contributed by atoms with Crippen LogP contribution in [0, 0.1) is 0 Å². The molecule has 1 N–H and O–H groups in total. The van der Waals surface area contributed by atoms with E-state index >= 15 is 0 Å². The Bertz CT molecular complexity index is 1400. The number of hydrogen-bond donors (Lipinski definition) is 1. The number of para-hydroxylation sites is 1. The molecule has 0 aliphatic heterocycles. The second kappa shape index (κ2) is 7.21. The van der Waals surface area contributed by atoms with Gasteiger partial charge in [-0.15, -0.1) is 0 Å². The molecule has 0 saturated heterocycles. The number of carbonyl (C=O) groups excluding carboxylic acids is 1. The fraction of sp³-hybridized carbons (Fsp3) is 0.143. The maximum absolute atomic E-state index is 13.3. The molecular weight excluding hydrogens is 380 g/mol. The van der Waals surface area contributed by atoms with Crippen molar-refractivity contribution in [1.29, 1.82) is 0 Å². The number of rotatable bonds is 3. The van der Waals surface area contributed by atoms with Crippen molar-refractivity contribution in [3.8, 4) is 11.1 Å². The first-order valence-electron chi connectivity index (χ1n) is 10.5. The summed E-state index contributed by atoms with van der Waals surface area (Å²) in [4.78, 5) is 21.0. The normalized spacial score (nSPS) is 11.8. The summed E-state index contributed by atoms with van der Waals surface area (Å²) >= 11 is 0. The van der Waals surface area contributed by atoms with Crippen LogP contribution < -0.4 is 0 Å². The van der Waals surface area contributed by atoms with Crippen LogP contribution in [0.5, 0.6) is 0 Å². The first kappa shape index (κ1) is 19.3. The quantitative estimate of drug-likeness (QED) is 0.332.